The highest BCUT2D eigenvalue weighted by Gasteiger charge is 2.21. The van der Waals surface area contributed by atoms with E-state index in [1.165, 1.54) is 6.33 Å². The molecule has 0 spiro atoms. The Morgan fingerprint density at radius 2 is 2.00 bits per heavy atom. The molecule has 0 radical (unpaired) electrons. The lowest BCUT2D eigenvalue weighted by Crippen LogP contribution is -2.28. The molecule has 0 saturated heterocycles. The first-order chi connectivity index (χ1) is 13.0. The highest BCUT2D eigenvalue weighted by atomic mass is 16.5. The Morgan fingerprint density at radius 3 is 2.70 bits per heavy atom. The summed E-state index contributed by atoms with van der Waals surface area (Å²) in [5.74, 6) is 0.0928. The van der Waals surface area contributed by atoms with Gasteiger partial charge in [-0.15, -0.1) is 0 Å². The molecule has 27 heavy (non-hydrogen) atoms. The van der Waals surface area contributed by atoms with Crippen LogP contribution in [-0.4, -0.2) is 34.9 Å². The van der Waals surface area contributed by atoms with Gasteiger partial charge in [0.15, 0.2) is 6.61 Å². The Morgan fingerprint density at radius 1 is 1.26 bits per heavy atom. The van der Waals surface area contributed by atoms with E-state index in [1.54, 1.807) is 31.2 Å². The number of aryl methyl sites for hydroxylation is 1. The SMILES string of the molecule is CCNC(=O)COc1ccc(NC(=O)c2c(C)oc3nc[nH]c(=O)c23)cc1. The van der Waals surface area contributed by atoms with Gasteiger partial charge < -0.3 is 24.8 Å². The van der Waals surface area contributed by atoms with Crippen molar-refractivity contribution in [3.8, 4) is 5.75 Å². The summed E-state index contributed by atoms with van der Waals surface area (Å²) in [6.07, 6.45) is 1.22. The van der Waals surface area contributed by atoms with E-state index < -0.39 is 11.5 Å². The summed E-state index contributed by atoms with van der Waals surface area (Å²) in [4.78, 5) is 42.3. The van der Waals surface area contributed by atoms with Crippen molar-refractivity contribution in [2.24, 2.45) is 0 Å². The third-order valence-corrected chi connectivity index (χ3v) is 3.75. The van der Waals surface area contributed by atoms with Gasteiger partial charge in [-0.25, -0.2) is 4.98 Å². The number of nitrogens with zero attached hydrogens (tertiary/aromatic N) is 1. The molecule has 2 aromatic heterocycles. The van der Waals surface area contributed by atoms with Gasteiger partial charge in [0.25, 0.3) is 17.4 Å². The molecule has 140 valence electrons. The maximum Gasteiger partial charge on any atom is 0.262 e. The minimum atomic E-state index is -0.485. The zero-order valence-electron chi connectivity index (χ0n) is 14.8. The smallest absolute Gasteiger partial charge is 0.262 e. The molecule has 3 rings (SSSR count). The number of rotatable bonds is 6. The number of anilines is 1. The molecule has 0 atom stereocenters. The third-order valence-electron chi connectivity index (χ3n) is 3.75. The third kappa shape index (κ3) is 3.97. The van der Waals surface area contributed by atoms with Crippen molar-refractivity contribution < 1.29 is 18.7 Å². The zero-order chi connectivity index (χ0) is 19.4. The lowest BCUT2D eigenvalue weighted by Gasteiger charge is -2.08. The summed E-state index contributed by atoms with van der Waals surface area (Å²) in [5, 5.41) is 5.44. The van der Waals surface area contributed by atoms with E-state index in [1.807, 2.05) is 6.92 Å². The second kappa shape index (κ2) is 7.73. The predicted molar refractivity (Wildman–Crippen MR) is 97.9 cm³/mol. The number of aromatic amines is 1. The first-order valence-corrected chi connectivity index (χ1v) is 8.27. The standard InChI is InChI=1S/C18H18N4O5/c1-3-19-13(23)8-26-12-6-4-11(5-7-12)22-17(25)14-10(2)27-18-15(14)16(24)20-9-21-18/h4-7,9H,3,8H2,1-2H3,(H,19,23)(H,22,25)(H,20,21,24). The molecular weight excluding hydrogens is 352 g/mol. The van der Waals surface area contributed by atoms with Crippen molar-refractivity contribution in [1.82, 2.24) is 15.3 Å². The normalized spacial score (nSPS) is 10.6. The van der Waals surface area contributed by atoms with Crippen molar-refractivity contribution in [2.75, 3.05) is 18.5 Å². The van der Waals surface area contributed by atoms with Crippen LogP contribution < -0.4 is 20.9 Å². The monoisotopic (exact) mass is 370 g/mol. The van der Waals surface area contributed by atoms with Gasteiger partial charge in [0.2, 0.25) is 5.71 Å². The molecule has 1 aromatic carbocycles. The first kappa shape index (κ1) is 18.2. The van der Waals surface area contributed by atoms with Crippen LogP contribution in [0.15, 0.2) is 39.8 Å². The van der Waals surface area contributed by atoms with Crippen molar-refractivity contribution in [3.05, 3.63) is 52.3 Å². The van der Waals surface area contributed by atoms with Gasteiger partial charge in [0.1, 0.15) is 16.9 Å². The summed E-state index contributed by atoms with van der Waals surface area (Å²) in [5.41, 5.74) is 0.293. The van der Waals surface area contributed by atoms with E-state index in [-0.39, 0.29) is 29.2 Å². The van der Waals surface area contributed by atoms with E-state index in [4.69, 9.17) is 9.15 Å². The fourth-order valence-corrected chi connectivity index (χ4v) is 2.55. The molecule has 0 aliphatic rings. The molecule has 0 aliphatic heterocycles. The van der Waals surface area contributed by atoms with E-state index in [0.717, 1.165) is 0 Å². The second-order valence-corrected chi connectivity index (χ2v) is 5.67. The average Bonchev–Trinajstić information content (AvgIpc) is 2.99. The van der Waals surface area contributed by atoms with Gasteiger partial charge in [-0.05, 0) is 38.1 Å². The van der Waals surface area contributed by atoms with Crippen molar-refractivity contribution in [3.63, 3.8) is 0 Å². The van der Waals surface area contributed by atoms with Crippen LogP contribution in [-0.2, 0) is 4.79 Å². The van der Waals surface area contributed by atoms with Crippen LogP contribution in [0.5, 0.6) is 5.75 Å². The number of fused-ring (bicyclic) bond motifs is 1. The largest absolute Gasteiger partial charge is 0.484 e. The van der Waals surface area contributed by atoms with Gasteiger partial charge in [-0.3, -0.25) is 14.4 Å². The van der Waals surface area contributed by atoms with Crippen molar-refractivity contribution in [2.45, 2.75) is 13.8 Å². The van der Waals surface area contributed by atoms with Crippen LogP contribution in [0.3, 0.4) is 0 Å². The summed E-state index contributed by atoms with van der Waals surface area (Å²) >= 11 is 0. The van der Waals surface area contributed by atoms with E-state index in [2.05, 4.69) is 20.6 Å². The van der Waals surface area contributed by atoms with Crippen LogP contribution in [0.2, 0.25) is 0 Å². The second-order valence-electron chi connectivity index (χ2n) is 5.67. The average molecular weight is 370 g/mol. The van der Waals surface area contributed by atoms with Gasteiger partial charge in [0.05, 0.1) is 11.9 Å². The number of nitrogens with one attached hydrogen (secondary N) is 3. The van der Waals surface area contributed by atoms with Gasteiger partial charge in [-0.2, -0.15) is 0 Å². The van der Waals surface area contributed by atoms with Gasteiger partial charge in [-0.1, -0.05) is 0 Å². The maximum absolute atomic E-state index is 12.6. The fourth-order valence-electron chi connectivity index (χ4n) is 2.55. The summed E-state index contributed by atoms with van der Waals surface area (Å²) in [6.45, 7) is 3.86. The number of hydrogen-bond donors (Lipinski definition) is 3. The molecule has 2 heterocycles. The number of carbonyl (C=O) groups excluding carboxylic acids is 2. The molecule has 3 N–H and O–H groups in total. The quantitative estimate of drug-likeness (QED) is 0.605. The Kier molecular flexibility index (Phi) is 5.20. The number of furan rings is 1. The van der Waals surface area contributed by atoms with Crippen LogP contribution in [0.1, 0.15) is 23.0 Å². The molecule has 0 bridgehead atoms. The molecule has 9 nitrogen and oxygen atoms in total. The number of hydrogen-bond acceptors (Lipinski definition) is 6. The molecule has 3 aromatic rings. The van der Waals surface area contributed by atoms with Crippen LogP contribution in [0, 0.1) is 6.92 Å². The fraction of sp³-hybridized carbons (Fsp3) is 0.222. The summed E-state index contributed by atoms with van der Waals surface area (Å²) < 4.78 is 10.7. The zero-order valence-corrected chi connectivity index (χ0v) is 14.8. The van der Waals surface area contributed by atoms with E-state index in [9.17, 15) is 14.4 Å². The first-order valence-electron chi connectivity index (χ1n) is 8.27. The number of benzene rings is 1. The molecule has 9 heteroatoms. The van der Waals surface area contributed by atoms with Crippen LogP contribution >= 0.6 is 0 Å². The van der Waals surface area contributed by atoms with Crippen molar-refractivity contribution >= 4 is 28.6 Å². The lowest BCUT2D eigenvalue weighted by atomic mass is 10.1. The number of carbonyl (C=O) groups is 2. The lowest BCUT2D eigenvalue weighted by molar-refractivity contribution is -0.122. The van der Waals surface area contributed by atoms with E-state index >= 15 is 0 Å². The van der Waals surface area contributed by atoms with Gasteiger partial charge in [0, 0.05) is 12.2 Å². The minimum absolute atomic E-state index is 0.0878. The Labute approximate surface area is 153 Å². The molecule has 0 saturated carbocycles. The molecule has 0 unspecified atom stereocenters. The Bertz CT molecular complexity index is 1040. The highest BCUT2D eigenvalue weighted by molar-refractivity contribution is 6.12. The Hall–Kier alpha value is -3.62. The molecule has 2 amide bonds. The van der Waals surface area contributed by atoms with Crippen LogP contribution in [0.4, 0.5) is 5.69 Å². The molecule has 0 fully saturated rings. The van der Waals surface area contributed by atoms with Gasteiger partial charge >= 0.3 is 0 Å². The number of amides is 2. The summed E-state index contributed by atoms with van der Waals surface area (Å²) in [6, 6.07) is 6.52. The number of ether oxygens (including phenoxy) is 1. The van der Waals surface area contributed by atoms with E-state index in [0.29, 0.717) is 23.7 Å². The Balaban J connectivity index is 1.73. The number of likely N-dealkylation sites (N-methyl/N-ethyl adjacent to an activating group) is 1. The maximum atomic E-state index is 12.6. The number of aromatic nitrogens is 2. The topological polar surface area (TPSA) is 126 Å². The minimum Gasteiger partial charge on any atom is -0.484 e. The molecule has 0 aliphatic carbocycles. The number of H-pyrrole nitrogens is 1. The van der Waals surface area contributed by atoms with Crippen molar-refractivity contribution in [1.29, 1.82) is 0 Å². The predicted octanol–water partition coefficient (Wildman–Crippen LogP) is 1.59. The highest BCUT2D eigenvalue weighted by Crippen LogP contribution is 2.22. The molecular formula is C18H18N4O5. The summed E-state index contributed by atoms with van der Waals surface area (Å²) in [7, 11) is 0. The van der Waals surface area contributed by atoms with Crippen LogP contribution in [0.25, 0.3) is 11.1 Å².